The van der Waals surface area contributed by atoms with Gasteiger partial charge < -0.3 is 24.8 Å². The van der Waals surface area contributed by atoms with E-state index in [1.54, 1.807) is 24.1 Å². The van der Waals surface area contributed by atoms with Gasteiger partial charge in [-0.05, 0) is 35.4 Å². The predicted octanol–water partition coefficient (Wildman–Crippen LogP) is 3.14. The minimum Gasteiger partial charge on any atom is -0.497 e. The summed E-state index contributed by atoms with van der Waals surface area (Å²) in [6, 6.07) is 14.3. The van der Waals surface area contributed by atoms with Gasteiger partial charge in [-0.15, -0.1) is 0 Å². The third-order valence-electron chi connectivity index (χ3n) is 5.33. The average Bonchev–Trinajstić information content (AvgIpc) is 2.75. The van der Waals surface area contributed by atoms with Gasteiger partial charge in [0.2, 0.25) is 11.8 Å². The van der Waals surface area contributed by atoms with Crippen LogP contribution in [-0.2, 0) is 20.9 Å². The van der Waals surface area contributed by atoms with Crippen LogP contribution in [0.4, 0.5) is 5.69 Å². The molecule has 1 heterocycles. The Morgan fingerprint density at radius 2 is 1.81 bits per heavy atom. The molecule has 7 heteroatoms. The van der Waals surface area contributed by atoms with Gasteiger partial charge in [0.15, 0.2) is 0 Å². The zero-order valence-electron chi connectivity index (χ0n) is 18.4. The molecule has 0 aromatic heterocycles. The predicted molar refractivity (Wildman–Crippen MR) is 118 cm³/mol. The monoisotopic (exact) mass is 426 g/mol. The van der Waals surface area contributed by atoms with Crippen molar-refractivity contribution in [1.29, 1.82) is 0 Å². The van der Waals surface area contributed by atoms with Crippen LogP contribution in [0.15, 0.2) is 48.5 Å². The van der Waals surface area contributed by atoms with Crippen molar-refractivity contribution in [2.24, 2.45) is 5.41 Å². The Hall–Kier alpha value is -2.90. The van der Waals surface area contributed by atoms with Gasteiger partial charge in [-0.3, -0.25) is 9.59 Å². The summed E-state index contributed by atoms with van der Waals surface area (Å²) >= 11 is 0. The minimum absolute atomic E-state index is 0.0557. The maximum Gasteiger partial charge on any atom is 0.249 e. The van der Waals surface area contributed by atoms with Crippen molar-refractivity contribution in [3.05, 3.63) is 59.7 Å². The Balaban J connectivity index is 1.76. The number of anilines is 1. The quantitative estimate of drug-likeness (QED) is 0.741. The molecule has 1 aliphatic rings. The number of aliphatic hydroxyl groups excluding tert-OH is 1. The number of ether oxygens (including phenoxy) is 2. The lowest BCUT2D eigenvalue weighted by Crippen LogP contribution is -2.52. The normalized spacial score (nSPS) is 19.3. The second-order valence-corrected chi connectivity index (χ2v) is 8.68. The molecule has 3 rings (SSSR count). The topological polar surface area (TPSA) is 88.1 Å². The zero-order chi connectivity index (χ0) is 22.6. The number of aliphatic hydroxyl groups is 1. The van der Waals surface area contributed by atoms with Crippen molar-refractivity contribution in [2.75, 3.05) is 25.6 Å². The Labute approximate surface area is 183 Å². The summed E-state index contributed by atoms with van der Waals surface area (Å²) in [5, 5.41) is 13.0. The second kappa shape index (κ2) is 9.49. The van der Waals surface area contributed by atoms with Gasteiger partial charge in [0.25, 0.3) is 0 Å². The molecule has 2 atom stereocenters. The highest BCUT2D eigenvalue weighted by atomic mass is 16.5. The molecule has 1 fully saturated rings. The Morgan fingerprint density at radius 1 is 1.16 bits per heavy atom. The van der Waals surface area contributed by atoms with Crippen molar-refractivity contribution in [1.82, 2.24) is 4.90 Å². The van der Waals surface area contributed by atoms with Crippen molar-refractivity contribution in [3.63, 3.8) is 0 Å². The number of carbonyl (C=O) groups excluding carboxylic acids is 2. The maximum atomic E-state index is 12.6. The molecule has 0 aliphatic carbocycles. The Kier molecular flexibility index (Phi) is 6.97. The van der Waals surface area contributed by atoms with Crippen LogP contribution in [0.3, 0.4) is 0 Å². The number of nitrogens with one attached hydrogen (secondary N) is 1. The average molecular weight is 427 g/mol. The summed E-state index contributed by atoms with van der Waals surface area (Å²) in [6.45, 7) is 5.65. The molecule has 0 bridgehead atoms. The van der Waals surface area contributed by atoms with Crippen LogP contribution in [-0.4, -0.2) is 48.2 Å². The van der Waals surface area contributed by atoms with Gasteiger partial charge >= 0.3 is 0 Å². The standard InChI is InChI=1S/C24H30N2O5/c1-24(2,3)23(29)25-18-9-7-17(8-10-18)22-20(14-27)26(21(28)15-31-22)13-16-5-11-19(30-4)12-6-16/h5-12,20,22,27H,13-15H2,1-4H3,(H,25,29)/t20-,22-/m1/s1. The van der Waals surface area contributed by atoms with E-state index in [0.717, 1.165) is 16.9 Å². The number of morpholine rings is 1. The molecule has 2 amide bonds. The van der Waals surface area contributed by atoms with Crippen molar-refractivity contribution < 1.29 is 24.2 Å². The molecule has 2 N–H and O–H groups in total. The van der Waals surface area contributed by atoms with Crippen molar-refractivity contribution in [3.8, 4) is 5.75 Å². The van der Waals surface area contributed by atoms with Crippen LogP contribution in [0, 0.1) is 5.41 Å². The number of hydrogen-bond donors (Lipinski definition) is 2. The maximum absolute atomic E-state index is 12.6. The fourth-order valence-electron chi connectivity index (χ4n) is 3.42. The molecule has 1 saturated heterocycles. The molecule has 166 valence electrons. The summed E-state index contributed by atoms with van der Waals surface area (Å²) in [4.78, 5) is 26.4. The molecule has 0 saturated carbocycles. The van der Waals surface area contributed by atoms with Crippen LogP contribution < -0.4 is 10.1 Å². The lowest BCUT2D eigenvalue weighted by Gasteiger charge is -2.40. The number of amides is 2. The van der Waals surface area contributed by atoms with E-state index in [1.165, 1.54) is 0 Å². The smallest absolute Gasteiger partial charge is 0.249 e. The highest BCUT2D eigenvalue weighted by Gasteiger charge is 2.37. The fraction of sp³-hybridized carbons (Fsp3) is 0.417. The Bertz CT molecular complexity index is 903. The first kappa shape index (κ1) is 22.8. The van der Waals surface area contributed by atoms with Gasteiger partial charge in [-0.1, -0.05) is 45.0 Å². The summed E-state index contributed by atoms with van der Waals surface area (Å²) < 4.78 is 11.0. The second-order valence-electron chi connectivity index (χ2n) is 8.68. The number of nitrogens with zero attached hydrogens (tertiary/aromatic N) is 1. The number of carbonyl (C=O) groups is 2. The number of methoxy groups -OCH3 is 1. The molecule has 2 aromatic carbocycles. The molecule has 0 spiro atoms. The summed E-state index contributed by atoms with van der Waals surface area (Å²) in [5.41, 5.74) is 1.97. The summed E-state index contributed by atoms with van der Waals surface area (Å²) in [7, 11) is 1.60. The third-order valence-corrected chi connectivity index (χ3v) is 5.33. The molecule has 1 aliphatic heterocycles. The van der Waals surface area contributed by atoms with Gasteiger partial charge in [0.1, 0.15) is 18.5 Å². The molecular weight excluding hydrogens is 396 g/mol. The molecule has 7 nitrogen and oxygen atoms in total. The fourth-order valence-corrected chi connectivity index (χ4v) is 3.42. The highest BCUT2D eigenvalue weighted by molar-refractivity contribution is 5.94. The SMILES string of the molecule is COc1ccc(CN2C(=O)CO[C@H](c3ccc(NC(=O)C(C)(C)C)cc3)[C@H]2CO)cc1. The molecule has 31 heavy (non-hydrogen) atoms. The van der Waals surface area contributed by atoms with Crippen LogP contribution in [0.25, 0.3) is 0 Å². The molecular formula is C24H30N2O5. The van der Waals surface area contributed by atoms with E-state index in [0.29, 0.717) is 12.2 Å². The van der Waals surface area contributed by atoms with E-state index < -0.39 is 17.6 Å². The van der Waals surface area contributed by atoms with Crippen molar-refractivity contribution in [2.45, 2.75) is 39.5 Å². The molecule has 0 unspecified atom stereocenters. The minimum atomic E-state index is -0.515. The molecule has 2 aromatic rings. The van der Waals surface area contributed by atoms with Crippen LogP contribution >= 0.6 is 0 Å². The summed E-state index contributed by atoms with van der Waals surface area (Å²) in [5.74, 6) is 0.506. The zero-order valence-corrected chi connectivity index (χ0v) is 18.4. The van der Waals surface area contributed by atoms with E-state index in [4.69, 9.17) is 9.47 Å². The number of benzene rings is 2. The number of hydrogen-bond acceptors (Lipinski definition) is 5. The Morgan fingerprint density at radius 3 is 2.35 bits per heavy atom. The lowest BCUT2D eigenvalue weighted by atomic mass is 9.95. The van der Waals surface area contributed by atoms with E-state index in [9.17, 15) is 14.7 Å². The largest absolute Gasteiger partial charge is 0.497 e. The first-order valence-electron chi connectivity index (χ1n) is 10.3. The van der Waals surface area contributed by atoms with Crippen LogP contribution in [0.2, 0.25) is 0 Å². The van der Waals surface area contributed by atoms with Gasteiger partial charge in [-0.25, -0.2) is 0 Å². The highest BCUT2D eigenvalue weighted by Crippen LogP contribution is 2.31. The van der Waals surface area contributed by atoms with E-state index in [2.05, 4.69) is 5.32 Å². The van der Waals surface area contributed by atoms with Crippen molar-refractivity contribution >= 4 is 17.5 Å². The van der Waals surface area contributed by atoms with Gasteiger partial charge in [-0.2, -0.15) is 0 Å². The van der Waals surface area contributed by atoms with Gasteiger partial charge in [0.05, 0.1) is 19.8 Å². The van der Waals surface area contributed by atoms with E-state index >= 15 is 0 Å². The molecule has 0 radical (unpaired) electrons. The third kappa shape index (κ3) is 5.42. The van der Waals surface area contributed by atoms with E-state index in [-0.39, 0.29) is 25.0 Å². The number of rotatable bonds is 6. The van der Waals surface area contributed by atoms with E-state index in [1.807, 2.05) is 57.2 Å². The van der Waals surface area contributed by atoms with Gasteiger partial charge in [0, 0.05) is 17.6 Å². The first-order chi connectivity index (χ1) is 14.7. The van der Waals surface area contributed by atoms with Crippen LogP contribution in [0.1, 0.15) is 38.0 Å². The summed E-state index contributed by atoms with van der Waals surface area (Å²) in [6.07, 6.45) is -0.465. The van der Waals surface area contributed by atoms with Crippen LogP contribution in [0.5, 0.6) is 5.75 Å². The first-order valence-corrected chi connectivity index (χ1v) is 10.3. The lowest BCUT2D eigenvalue weighted by molar-refractivity contribution is -0.162.